The molecule has 2 N–H and O–H groups in total. The number of hydrogen-bond acceptors (Lipinski definition) is 4. The van der Waals surface area contributed by atoms with Gasteiger partial charge < -0.3 is 15.2 Å². The average molecular weight is 334 g/mol. The van der Waals surface area contributed by atoms with Crippen LogP contribution in [0.5, 0.6) is 0 Å². The van der Waals surface area contributed by atoms with Crippen LogP contribution in [-0.4, -0.2) is 54.2 Å². The summed E-state index contributed by atoms with van der Waals surface area (Å²) in [6, 6.07) is 6.50. The van der Waals surface area contributed by atoms with Crippen molar-refractivity contribution in [2.24, 2.45) is 5.92 Å². The second-order valence-electron chi connectivity index (χ2n) is 6.54. The van der Waals surface area contributed by atoms with Crippen molar-refractivity contribution in [3.05, 3.63) is 35.4 Å². The Morgan fingerprint density at radius 2 is 1.92 bits per heavy atom. The number of aliphatic carboxylic acids is 1. The van der Waals surface area contributed by atoms with Crippen molar-refractivity contribution in [3.8, 4) is 0 Å². The molecule has 1 saturated heterocycles. The molecule has 1 aliphatic heterocycles. The van der Waals surface area contributed by atoms with Gasteiger partial charge in [0.05, 0.1) is 13.2 Å². The molecule has 0 radical (unpaired) electrons. The Morgan fingerprint density at radius 1 is 1.25 bits per heavy atom. The fourth-order valence-electron chi connectivity index (χ4n) is 2.81. The molecule has 0 unspecified atom stereocenters. The third kappa shape index (κ3) is 5.32. The lowest BCUT2D eigenvalue weighted by Gasteiger charge is -2.27. The van der Waals surface area contributed by atoms with Gasteiger partial charge in [-0.1, -0.05) is 32.0 Å². The van der Waals surface area contributed by atoms with Gasteiger partial charge in [-0.15, -0.1) is 0 Å². The molecule has 1 atom stereocenters. The van der Waals surface area contributed by atoms with E-state index in [2.05, 4.69) is 10.2 Å². The van der Waals surface area contributed by atoms with E-state index >= 15 is 0 Å². The summed E-state index contributed by atoms with van der Waals surface area (Å²) in [4.78, 5) is 26.2. The van der Waals surface area contributed by atoms with Gasteiger partial charge in [-0.05, 0) is 24.0 Å². The third-order valence-electron chi connectivity index (χ3n) is 4.07. The molecular weight excluding hydrogens is 308 g/mol. The number of amides is 1. The highest BCUT2D eigenvalue weighted by Gasteiger charge is 2.23. The minimum atomic E-state index is -0.997. The molecule has 6 nitrogen and oxygen atoms in total. The van der Waals surface area contributed by atoms with Crippen LogP contribution in [-0.2, 0) is 16.1 Å². The molecule has 0 saturated carbocycles. The second kappa shape index (κ2) is 8.80. The Balaban J connectivity index is 2.09. The predicted molar refractivity (Wildman–Crippen MR) is 90.9 cm³/mol. The number of carboxylic acids is 1. The first-order valence-corrected chi connectivity index (χ1v) is 8.39. The van der Waals surface area contributed by atoms with Crippen molar-refractivity contribution < 1.29 is 19.4 Å². The van der Waals surface area contributed by atoms with Gasteiger partial charge in [-0.2, -0.15) is 0 Å². The fraction of sp³-hybridized carbons (Fsp3) is 0.556. The number of morpholine rings is 1. The first-order chi connectivity index (χ1) is 11.5. The van der Waals surface area contributed by atoms with E-state index in [0.717, 1.165) is 18.7 Å². The lowest BCUT2D eigenvalue weighted by Crippen LogP contribution is -2.42. The van der Waals surface area contributed by atoms with E-state index in [-0.39, 0.29) is 11.8 Å². The molecule has 1 heterocycles. The lowest BCUT2D eigenvalue weighted by molar-refractivity contribution is -0.139. The second-order valence-corrected chi connectivity index (χ2v) is 6.54. The van der Waals surface area contributed by atoms with E-state index < -0.39 is 12.0 Å². The van der Waals surface area contributed by atoms with Crippen LogP contribution in [0.1, 0.15) is 36.2 Å². The van der Waals surface area contributed by atoms with Gasteiger partial charge in [0.2, 0.25) is 0 Å². The van der Waals surface area contributed by atoms with E-state index in [0.29, 0.717) is 31.7 Å². The first kappa shape index (κ1) is 18.4. The van der Waals surface area contributed by atoms with Crippen LogP contribution in [0.15, 0.2) is 24.3 Å². The lowest BCUT2D eigenvalue weighted by atomic mass is 10.0. The molecule has 0 bridgehead atoms. The molecule has 1 aromatic carbocycles. The Hall–Kier alpha value is -1.92. The number of nitrogens with zero attached hydrogens (tertiary/aromatic N) is 1. The number of rotatable bonds is 7. The van der Waals surface area contributed by atoms with E-state index in [4.69, 9.17) is 4.74 Å². The standard InChI is InChI=1S/C18H26N2O4/c1-13(2)11-16(18(22)23)19-17(21)15-6-4-3-5-14(15)12-20-7-9-24-10-8-20/h3-6,13,16H,7-12H2,1-2H3,(H,19,21)(H,22,23)/t16-/m1/s1. The summed E-state index contributed by atoms with van der Waals surface area (Å²) in [5.41, 5.74) is 1.45. The summed E-state index contributed by atoms with van der Waals surface area (Å²) in [5, 5.41) is 12.0. The minimum Gasteiger partial charge on any atom is -0.480 e. The van der Waals surface area contributed by atoms with Crippen LogP contribution < -0.4 is 5.32 Å². The maximum Gasteiger partial charge on any atom is 0.326 e. The van der Waals surface area contributed by atoms with Crippen LogP contribution in [0.2, 0.25) is 0 Å². The summed E-state index contributed by atoms with van der Waals surface area (Å²) in [6.07, 6.45) is 0.409. The molecule has 1 aliphatic rings. The maximum atomic E-state index is 12.6. The Bertz CT molecular complexity index is 568. The molecule has 0 aromatic heterocycles. The zero-order valence-corrected chi connectivity index (χ0v) is 14.3. The molecule has 2 rings (SSSR count). The van der Waals surface area contributed by atoms with Crippen molar-refractivity contribution in [1.82, 2.24) is 10.2 Å². The van der Waals surface area contributed by atoms with Crippen molar-refractivity contribution >= 4 is 11.9 Å². The average Bonchev–Trinajstić information content (AvgIpc) is 2.55. The van der Waals surface area contributed by atoms with Gasteiger partial charge in [-0.25, -0.2) is 4.79 Å². The quantitative estimate of drug-likeness (QED) is 0.794. The maximum absolute atomic E-state index is 12.6. The normalized spacial score (nSPS) is 16.8. The van der Waals surface area contributed by atoms with Gasteiger partial charge in [0.1, 0.15) is 6.04 Å². The fourth-order valence-corrected chi connectivity index (χ4v) is 2.81. The molecule has 1 amide bonds. The van der Waals surface area contributed by atoms with Crippen molar-refractivity contribution in [2.75, 3.05) is 26.3 Å². The molecule has 1 fully saturated rings. The van der Waals surface area contributed by atoms with Gasteiger partial charge >= 0.3 is 5.97 Å². The topological polar surface area (TPSA) is 78.9 Å². The van der Waals surface area contributed by atoms with Crippen LogP contribution in [0.3, 0.4) is 0 Å². The Morgan fingerprint density at radius 3 is 2.54 bits per heavy atom. The summed E-state index contributed by atoms with van der Waals surface area (Å²) >= 11 is 0. The largest absolute Gasteiger partial charge is 0.480 e. The Labute approximate surface area is 142 Å². The van der Waals surface area contributed by atoms with Gasteiger partial charge in [0.15, 0.2) is 0 Å². The minimum absolute atomic E-state index is 0.190. The molecule has 6 heteroatoms. The van der Waals surface area contributed by atoms with E-state index in [1.165, 1.54) is 0 Å². The van der Waals surface area contributed by atoms with Crippen molar-refractivity contribution in [3.63, 3.8) is 0 Å². The van der Waals surface area contributed by atoms with E-state index in [9.17, 15) is 14.7 Å². The number of benzene rings is 1. The number of nitrogens with one attached hydrogen (secondary N) is 1. The molecule has 132 valence electrons. The number of carbonyl (C=O) groups excluding carboxylic acids is 1. The summed E-state index contributed by atoms with van der Waals surface area (Å²) in [6.45, 7) is 7.60. The smallest absolute Gasteiger partial charge is 0.326 e. The third-order valence-corrected chi connectivity index (χ3v) is 4.07. The SMILES string of the molecule is CC(C)C[C@@H](NC(=O)c1ccccc1CN1CCOCC1)C(=O)O. The van der Waals surface area contributed by atoms with Gasteiger partial charge in [0, 0.05) is 25.2 Å². The van der Waals surface area contributed by atoms with Gasteiger partial charge in [-0.3, -0.25) is 9.69 Å². The monoisotopic (exact) mass is 334 g/mol. The predicted octanol–water partition coefficient (Wildman–Crippen LogP) is 1.75. The highest BCUT2D eigenvalue weighted by atomic mass is 16.5. The van der Waals surface area contributed by atoms with Gasteiger partial charge in [0.25, 0.3) is 5.91 Å². The van der Waals surface area contributed by atoms with Crippen molar-refractivity contribution in [2.45, 2.75) is 32.9 Å². The molecule has 0 spiro atoms. The number of ether oxygens (including phenoxy) is 1. The van der Waals surface area contributed by atoms with Crippen LogP contribution in [0.25, 0.3) is 0 Å². The summed E-state index contributed by atoms with van der Waals surface area (Å²) in [7, 11) is 0. The van der Waals surface area contributed by atoms with Crippen molar-refractivity contribution in [1.29, 1.82) is 0 Å². The highest BCUT2D eigenvalue weighted by molar-refractivity contribution is 5.97. The number of hydrogen-bond donors (Lipinski definition) is 2. The van der Waals surface area contributed by atoms with E-state index in [1.54, 1.807) is 12.1 Å². The zero-order valence-electron chi connectivity index (χ0n) is 14.3. The number of carbonyl (C=O) groups is 2. The van der Waals surface area contributed by atoms with Crippen LogP contribution in [0.4, 0.5) is 0 Å². The molecule has 1 aromatic rings. The van der Waals surface area contributed by atoms with Crippen LogP contribution >= 0.6 is 0 Å². The number of carboxylic acid groups (broad SMARTS) is 1. The molecule has 0 aliphatic carbocycles. The summed E-state index contributed by atoms with van der Waals surface area (Å²) in [5.74, 6) is -1.13. The molecular formula is C18H26N2O4. The zero-order chi connectivity index (χ0) is 17.5. The summed E-state index contributed by atoms with van der Waals surface area (Å²) < 4.78 is 5.34. The first-order valence-electron chi connectivity index (χ1n) is 8.39. The van der Waals surface area contributed by atoms with Crippen LogP contribution in [0, 0.1) is 5.92 Å². The Kier molecular flexibility index (Phi) is 6.75. The highest BCUT2D eigenvalue weighted by Crippen LogP contribution is 2.14. The van der Waals surface area contributed by atoms with E-state index in [1.807, 2.05) is 26.0 Å². The molecule has 24 heavy (non-hydrogen) atoms.